The van der Waals surface area contributed by atoms with Gasteiger partial charge in [0, 0.05) is 29.1 Å². The molecule has 0 N–H and O–H groups in total. The molecule has 0 saturated heterocycles. The number of pyridine rings is 1. The Morgan fingerprint density at radius 1 is 0.370 bits per heavy atom. The molecule has 6 aromatic carbocycles. The van der Waals surface area contributed by atoms with Crippen LogP contribution in [0.4, 0.5) is 13.2 Å². The van der Waals surface area contributed by atoms with Crippen molar-refractivity contribution in [2.75, 3.05) is 0 Å². The van der Waals surface area contributed by atoms with Crippen LogP contribution in [0.5, 0.6) is 0 Å². The summed E-state index contributed by atoms with van der Waals surface area (Å²) in [6.45, 7) is 0. The first-order chi connectivity index (χ1) is 22.5. The van der Waals surface area contributed by atoms with Crippen molar-refractivity contribution < 1.29 is 13.2 Å². The standard InChI is InChI=1S/C41H28F3NSi/c42-32-14-7-17-36(24-32)46(37-18-8-15-33(43)25-37,38-19-9-16-34(44)26-38)35-22-20-31(21-23-35)41-39(29-10-3-1-4-11-29)27-45-28-40(41)30-12-5-2-6-13-30/h1-28H. The van der Waals surface area contributed by atoms with Gasteiger partial charge in [0.05, 0.1) is 0 Å². The summed E-state index contributed by atoms with van der Waals surface area (Å²) >= 11 is 0. The molecule has 0 radical (unpaired) electrons. The molecule has 222 valence electrons. The maximum atomic E-state index is 15.0. The molecule has 5 heteroatoms. The van der Waals surface area contributed by atoms with Crippen LogP contribution < -0.4 is 20.7 Å². The lowest BCUT2D eigenvalue weighted by atomic mass is 9.90. The van der Waals surface area contributed by atoms with E-state index in [0.717, 1.165) is 38.6 Å². The summed E-state index contributed by atoms with van der Waals surface area (Å²) in [5.74, 6) is -1.22. The lowest BCUT2D eigenvalue weighted by Gasteiger charge is -2.34. The van der Waals surface area contributed by atoms with Gasteiger partial charge in [0.1, 0.15) is 17.5 Å². The van der Waals surface area contributed by atoms with Gasteiger partial charge in [-0.25, -0.2) is 13.2 Å². The number of nitrogens with zero attached hydrogens (tertiary/aromatic N) is 1. The van der Waals surface area contributed by atoms with E-state index in [4.69, 9.17) is 0 Å². The molecule has 0 atom stereocenters. The molecule has 0 unspecified atom stereocenters. The van der Waals surface area contributed by atoms with Gasteiger partial charge in [0.25, 0.3) is 0 Å². The average molecular weight is 620 g/mol. The van der Waals surface area contributed by atoms with Crippen molar-refractivity contribution in [2.24, 2.45) is 0 Å². The molecule has 0 fully saturated rings. The van der Waals surface area contributed by atoms with E-state index in [1.807, 2.05) is 79.1 Å². The average Bonchev–Trinajstić information content (AvgIpc) is 3.10. The van der Waals surface area contributed by atoms with E-state index < -0.39 is 25.5 Å². The van der Waals surface area contributed by atoms with E-state index in [-0.39, 0.29) is 0 Å². The Morgan fingerprint density at radius 3 is 1.17 bits per heavy atom. The van der Waals surface area contributed by atoms with Gasteiger partial charge in [-0.15, -0.1) is 0 Å². The Labute approximate surface area is 267 Å². The highest BCUT2D eigenvalue weighted by Gasteiger charge is 2.42. The minimum atomic E-state index is -3.41. The number of hydrogen-bond acceptors (Lipinski definition) is 1. The van der Waals surface area contributed by atoms with E-state index >= 15 is 0 Å². The zero-order valence-corrected chi connectivity index (χ0v) is 25.7. The molecule has 0 spiro atoms. The third-order valence-corrected chi connectivity index (χ3v) is 13.2. The highest BCUT2D eigenvalue weighted by molar-refractivity contribution is 7.19. The van der Waals surface area contributed by atoms with Crippen LogP contribution in [-0.2, 0) is 0 Å². The lowest BCUT2D eigenvalue weighted by Crippen LogP contribution is -2.75. The van der Waals surface area contributed by atoms with Gasteiger partial charge in [0.15, 0.2) is 8.07 Å². The first-order valence-electron chi connectivity index (χ1n) is 15.0. The Morgan fingerprint density at radius 2 is 0.783 bits per heavy atom. The predicted molar refractivity (Wildman–Crippen MR) is 184 cm³/mol. The molecule has 0 aliphatic rings. The number of halogens is 3. The maximum Gasteiger partial charge on any atom is 0.179 e. The van der Waals surface area contributed by atoms with Crippen molar-refractivity contribution in [1.82, 2.24) is 4.98 Å². The zero-order valence-electron chi connectivity index (χ0n) is 24.7. The van der Waals surface area contributed by atoms with Crippen molar-refractivity contribution in [3.8, 4) is 33.4 Å². The predicted octanol–water partition coefficient (Wildman–Crippen LogP) is 7.88. The monoisotopic (exact) mass is 619 g/mol. The van der Waals surface area contributed by atoms with Crippen molar-refractivity contribution in [2.45, 2.75) is 0 Å². The number of aromatic nitrogens is 1. The number of benzene rings is 6. The molecule has 0 aliphatic heterocycles. The quantitative estimate of drug-likeness (QED) is 0.131. The minimum Gasteiger partial charge on any atom is -0.263 e. The van der Waals surface area contributed by atoms with Crippen LogP contribution in [0, 0.1) is 17.5 Å². The highest BCUT2D eigenvalue weighted by atomic mass is 28.3. The topological polar surface area (TPSA) is 12.9 Å². The second-order valence-corrected chi connectivity index (χ2v) is 15.0. The molecule has 1 nitrogen and oxygen atoms in total. The van der Waals surface area contributed by atoms with Gasteiger partial charge in [0.2, 0.25) is 0 Å². The normalized spacial score (nSPS) is 11.4. The summed E-state index contributed by atoms with van der Waals surface area (Å²) in [5.41, 5.74) is 6.03. The van der Waals surface area contributed by atoms with Crippen molar-refractivity contribution in [3.05, 3.63) is 188 Å². The fourth-order valence-corrected chi connectivity index (χ4v) is 11.3. The first-order valence-corrected chi connectivity index (χ1v) is 17.0. The van der Waals surface area contributed by atoms with E-state index in [1.54, 1.807) is 18.2 Å². The third-order valence-electron chi connectivity index (χ3n) is 8.50. The maximum absolute atomic E-state index is 15.0. The van der Waals surface area contributed by atoms with Gasteiger partial charge in [-0.1, -0.05) is 121 Å². The molecule has 7 aromatic rings. The minimum absolute atomic E-state index is 0.407. The SMILES string of the molecule is Fc1cccc([Si](c2ccc(-c3c(-c4ccccc4)cncc3-c3ccccc3)cc2)(c2cccc(F)c2)c2cccc(F)c2)c1. The van der Waals surface area contributed by atoms with Gasteiger partial charge in [-0.05, 0) is 73.8 Å². The Bertz CT molecular complexity index is 1960. The van der Waals surface area contributed by atoms with Crippen LogP contribution in [-0.4, -0.2) is 13.1 Å². The van der Waals surface area contributed by atoms with Crippen molar-refractivity contribution in [1.29, 1.82) is 0 Å². The van der Waals surface area contributed by atoms with Crippen LogP contribution in [0.1, 0.15) is 0 Å². The summed E-state index contributed by atoms with van der Waals surface area (Å²) in [5, 5.41) is 2.94. The fraction of sp³-hybridized carbons (Fsp3) is 0. The van der Waals surface area contributed by atoms with Gasteiger partial charge >= 0.3 is 0 Å². The lowest BCUT2D eigenvalue weighted by molar-refractivity contribution is 0.629. The van der Waals surface area contributed by atoms with Crippen LogP contribution in [0.2, 0.25) is 0 Å². The van der Waals surface area contributed by atoms with Crippen LogP contribution in [0.15, 0.2) is 170 Å². The fourth-order valence-electron chi connectivity index (χ4n) is 6.50. The summed E-state index contributed by atoms with van der Waals surface area (Å²) in [4.78, 5) is 4.62. The number of rotatable bonds is 7. The molecule has 7 rings (SSSR count). The molecule has 0 aliphatic carbocycles. The summed E-state index contributed by atoms with van der Waals surface area (Å²) in [7, 11) is -3.41. The second-order valence-electron chi connectivity index (χ2n) is 11.2. The summed E-state index contributed by atoms with van der Waals surface area (Å²) < 4.78 is 44.9. The summed E-state index contributed by atoms with van der Waals surface area (Å²) in [6, 6.07) is 47.7. The second kappa shape index (κ2) is 12.5. The van der Waals surface area contributed by atoms with Crippen LogP contribution in [0.3, 0.4) is 0 Å². The Balaban J connectivity index is 1.50. The molecule has 46 heavy (non-hydrogen) atoms. The molecule has 1 heterocycles. The van der Waals surface area contributed by atoms with E-state index in [9.17, 15) is 13.2 Å². The third kappa shape index (κ3) is 5.35. The molecule has 1 aromatic heterocycles. The Kier molecular flexibility index (Phi) is 7.91. The van der Waals surface area contributed by atoms with Crippen molar-refractivity contribution >= 4 is 28.8 Å². The van der Waals surface area contributed by atoms with E-state index in [1.165, 1.54) is 36.4 Å². The van der Waals surface area contributed by atoms with Gasteiger partial charge < -0.3 is 0 Å². The Hall–Kier alpha value is -5.52. The van der Waals surface area contributed by atoms with Crippen LogP contribution >= 0.6 is 0 Å². The number of hydrogen-bond donors (Lipinski definition) is 0. The van der Waals surface area contributed by atoms with Crippen LogP contribution in [0.25, 0.3) is 33.4 Å². The smallest absolute Gasteiger partial charge is 0.179 e. The largest absolute Gasteiger partial charge is 0.263 e. The molecule has 0 amide bonds. The zero-order chi connectivity index (χ0) is 31.5. The molecule has 0 saturated carbocycles. The van der Waals surface area contributed by atoms with Crippen molar-refractivity contribution in [3.63, 3.8) is 0 Å². The first kappa shape index (κ1) is 29.2. The molecular weight excluding hydrogens is 592 g/mol. The van der Waals surface area contributed by atoms with Gasteiger partial charge in [-0.3, -0.25) is 4.98 Å². The van der Waals surface area contributed by atoms with Gasteiger partial charge in [-0.2, -0.15) is 0 Å². The van der Waals surface area contributed by atoms with E-state index in [0.29, 0.717) is 15.6 Å². The molecular formula is C41H28F3NSi. The van der Waals surface area contributed by atoms with E-state index in [2.05, 4.69) is 41.4 Å². The summed E-state index contributed by atoms with van der Waals surface area (Å²) in [6.07, 6.45) is 3.77. The highest BCUT2D eigenvalue weighted by Crippen LogP contribution is 2.39. The molecule has 0 bridgehead atoms.